The van der Waals surface area contributed by atoms with Crippen molar-refractivity contribution in [2.24, 2.45) is 0 Å². The molecule has 0 aliphatic heterocycles. The molecule has 0 spiro atoms. The molecule has 0 radical (unpaired) electrons. The number of anilines is 2. The second-order valence-corrected chi connectivity index (χ2v) is 8.79. The molecular weight excluding hydrogens is 422 g/mol. The van der Waals surface area contributed by atoms with Gasteiger partial charge >= 0.3 is 0 Å². The van der Waals surface area contributed by atoms with E-state index in [4.69, 9.17) is 4.74 Å². The van der Waals surface area contributed by atoms with Gasteiger partial charge in [-0.05, 0) is 24.3 Å². The number of carbonyl (C=O) groups excluding carboxylic acids is 1. The van der Waals surface area contributed by atoms with Gasteiger partial charge in [0.15, 0.2) is 11.7 Å². The number of para-hydroxylation sites is 1. The van der Waals surface area contributed by atoms with Crippen LogP contribution in [0, 0.1) is 0 Å². The Bertz CT molecular complexity index is 1290. The fraction of sp³-hybridized carbons (Fsp3) is 0.0476. The van der Waals surface area contributed by atoms with Crippen molar-refractivity contribution in [3.8, 4) is 5.75 Å². The third-order valence-corrected chi connectivity index (χ3v) is 6.43. The van der Waals surface area contributed by atoms with Gasteiger partial charge in [0, 0.05) is 30.9 Å². The lowest BCUT2D eigenvalue weighted by atomic mass is 10.1. The molecule has 0 unspecified atom stereocenters. The number of thiazole rings is 1. The van der Waals surface area contributed by atoms with E-state index in [0.29, 0.717) is 22.2 Å². The molecule has 156 valence electrons. The van der Waals surface area contributed by atoms with E-state index in [2.05, 4.69) is 15.0 Å². The van der Waals surface area contributed by atoms with Gasteiger partial charge < -0.3 is 10.1 Å². The summed E-state index contributed by atoms with van der Waals surface area (Å²) in [6.45, 7) is -0.163. The van der Waals surface area contributed by atoms with Crippen molar-refractivity contribution in [3.05, 3.63) is 78.3 Å². The second-order valence-electron chi connectivity index (χ2n) is 6.25. The topological polar surface area (TPSA) is 97.4 Å². The van der Waals surface area contributed by atoms with Gasteiger partial charge in [0.25, 0.3) is 15.9 Å². The maximum Gasteiger partial charge on any atom is 0.264 e. The van der Waals surface area contributed by atoms with Crippen LogP contribution in [0.15, 0.2) is 83.2 Å². The Morgan fingerprint density at radius 2 is 1.73 bits per heavy atom. The SMILES string of the molecule is O=C(COc1ccccc1)Nc1ccc(S(=O)(=O)Nc2nccs2)c2ccccc12.[HH].[HH]. The molecule has 0 atom stereocenters. The Kier molecular flexibility index (Phi) is 5.64. The Morgan fingerprint density at radius 1 is 1.00 bits per heavy atom. The minimum absolute atomic E-state index is 0. The standard InChI is InChI=1S/C21H17N3O4S2.2H2/c25-20(14-28-15-6-2-1-3-7-15)23-18-10-11-19(17-9-5-4-8-16(17)18)30(26,27)24-21-22-12-13-29-21;;/h1-13H,14H2,(H,22,24)(H,23,25);2*1H. The summed E-state index contributed by atoms with van der Waals surface area (Å²) in [6.07, 6.45) is 1.52. The van der Waals surface area contributed by atoms with Gasteiger partial charge in [0.1, 0.15) is 5.75 Å². The molecule has 1 amide bonds. The number of hydrogen-bond acceptors (Lipinski definition) is 6. The minimum atomic E-state index is -3.84. The van der Waals surface area contributed by atoms with E-state index in [1.54, 1.807) is 47.8 Å². The van der Waals surface area contributed by atoms with Crippen LogP contribution in [0.2, 0.25) is 0 Å². The number of benzene rings is 3. The Balaban J connectivity index is 0.00000181. The van der Waals surface area contributed by atoms with E-state index < -0.39 is 10.0 Å². The fourth-order valence-corrected chi connectivity index (χ4v) is 4.91. The maximum atomic E-state index is 12.9. The van der Waals surface area contributed by atoms with Crippen molar-refractivity contribution < 1.29 is 20.8 Å². The first-order chi connectivity index (χ1) is 14.5. The Morgan fingerprint density at radius 3 is 2.47 bits per heavy atom. The molecule has 4 aromatic rings. The highest BCUT2D eigenvalue weighted by molar-refractivity contribution is 7.93. The van der Waals surface area contributed by atoms with Crippen molar-refractivity contribution in [1.82, 2.24) is 4.98 Å². The van der Waals surface area contributed by atoms with E-state index >= 15 is 0 Å². The summed E-state index contributed by atoms with van der Waals surface area (Å²) < 4.78 is 33.7. The quantitative estimate of drug-likeness (QED) is 0.435. The molecule has 0 saturated carbocycles. The normalized spacial score (nSPS) is 11.2. The van der Waals surface area contributed by atoms with Crippen molar-refractivity contribution in [1.29, 1.82) is 0 Å². The third kappa shape index (κ3) is 4.42. The summed E-state index contributed by atoms with van der Waals surface area (Å²) in [5, 5.41) is 5.86. The second kappa shape index (κ2) is 8.52. The van der Waals surface area contributed by atoms with Crippen molar-refractivity contribution >= 4 is 48.9 Å². The summed E-state index contributed by atoms with van der Waals surface area (Å²) in [6, 6.07) is 19.0. The van der Waals surface area contributed by atoms with Gasteiger partial charge in [0.05, 0.1) is 4.90 Å². The van der Waals surface area contributed by atoms with Crippen LogP contribution in [-0.4, -0.2) is 25.9 Å². The number of nitrogens with zero attached hydrogens (tertiary/aromatic N) is 1. The molecule has 0 bridgehead atoms. The number of aromatic nitrogens is 1. The first kappa shape index (κ1) is 19.9. The van der Waals surface area contributed by atoms with Gasteiger partial charge in [-0.3, -0.25) is 9.52 Å². The average Bonchev–Trinajstić information content (AvgIpc) is 3.25. The van der Waals surface area contributed by atoms with Crippen LogP contribution >= 0.6 is 11.3 Å². The van der Waals surface area contributed by atoms with Crippen LogP contribution in [0.4, 0.5) is 10.8 Å². The Labute approximate surface area is 180 Å². The smallest absolute Gasteiger partial charge is 0.264 e. The predicted molar refractivity (Wildman–Crippen MR) is 122 cm³/mol. The molecule has 9 heteroatoms. The molecule has 0 fully saturated rings. The number of hydrogen-bond donors (Lipinski definition) is 2. The molecule has 7 nitrogen and oxygen atoms in total. The van der Waals surface area contributed by atoms with Gasteiger partial charge in [-0.25, -0.2) is 13.4 Å². The molecule has 1 aromatic heterocycles. The van der Waals surface area contributed by atoms with Crippen LogP contribution in [0.25, 0.3) is 10.8 Å². The first-order valence-corrected chi connectivity index (χ1v) is 11.3. The van der Waals surface area contributed by atoms with Crippen LogP contribution in [-0.2, 0) is 14.8 Å². The van der Waals surface area contributed by atoms with E-state index in [9.17, 15) is 13.2 Å². The van der Waals surface area contributed by atoms with E-state index in [1.807, 2.05) is 18.2 Å². The van der Waals surface area contributed by atoms with Crippen LogP contribution < -0.4 is 14.8 Å². The first-order valence-electron chi connectivity index (χ1n) is 8.95. The summed E-state index contributed by atoms with van der Waals surface area (Å²) in [7, 11) is -3.84. The van der Waals surface area contributed by atoms with Gasteiger partial charge in [0.2, 0.25) is 0 Å². The number of ether oxygens (including phenoxy) is 1. The number of carbonyl (C=O) groups is 1. The largest absolute Gasteiger partial charge is 0.484 e. The van der Waals surface area contributed by atoms with Crippen LogP contribution in [0.5, 0.6) is 5.75 Å². The zero-order chi connectivity index (χ0) is 21.0. The number of fused-ring (bicyclic) bond motifs is 1. The molecule has 0 aliphatic carbocycles. The van der Waals surface area contributed by atoms with Crippen molar-refractivity contribution in [3.63, 3.8) is 0 Å². The minimum Gasteiger partial charge on any atom is -0.484 e. The molecule has 1 heterocycles. The molecule has 3 aromatic carbocycles. The van der Waals surface area contributed by atoms with E-state index in [0.717, 1.165) is 0 Å². The molecule has 4 rings (SSSR count). The number of nitrogens with one attached hydrogen (secondary N) is 2. The van der Waals surface area contributed by atoms with E-state index in [-0.39, 0.29) is 25.4 Å². The molecule has 2 N–H and O–H groups in total. The lowest BCUT2D eigenvalue weighted by Gasteiger charge is -2.13. The highest BCUT2D eigenvalue weighted by Crippen LogP contribution is 2.31. The fourth-order valence-electron chi connectivity index (χ4n) is 2.91. The van der Waals surface area contributed by atoms with Gasteiger partial charge in [-0.2, -0.15) is 0 Å². The summed E-state index contributed by atoms with van der Waals surface area (Å²) in [5.41, 5.74) is 0.500. The maximum absolute atomic E-state index is 12.9. The van der Waals surface area contributed by atoms with Crippen molar-refractivity contribution in [2.45, 2.75) is 4.90 Å². The van der Waals surface area contributed by atoms with Gasteiger partial charge in [-0.15, -0.1) is 11.3 Å². The molecule has 30 heavy (non-hydrogen) atoms. The van der Waals surface area contributed by atoms with Crippen LogP contribution in [0.3, 0.4) is 0 Å². The number of rotatable bonds is 7. The van der Waals surface area contributed by atoms with E-state index in [1.165, 1.54) is 23.6 Å². The zero-order valence-electron chi connectivity index (χ0n) is 15.6. The van der Waals surface area contributed by atoms with Crippen molar-refractivity contribution in [2.75, 3.05) is 16.6 Å². The number of amides is 1. The van der Waals surface area contributed by atoms with Gasteiger partial charge in [-0.1, -0.05) is 42.5 Å². The summed E-state index contributed by atoms with van der Waals surface area (Å²) in [5.74, 6) is 0.243. The third-order valence-electron chi connectivity index (χ3n) is 4.21. The Hall–Kier alpha value is -3.43. The molecular formula is C21H21N3O4S2. The summed E-state index contributed by atoms with van der Waals surface area (Å²) in [4.78, 5) is 16.4. The molecule has 0 aliphatic rings. The highest BCUT2D eigenvalue weighted by Gasteiger charge is 2.20. The monoisotopic (exact) mass is 443 g/mol. The zero-order valence-corrected chi connectivity index (χ0v) is 17.2. The molecule has 0 saturated heterocycles. The average molecular weight is 444 g/mol. The predicted octanol–water partition coefficient (Wildman–Crippen LogP) is 4.61. The highest BCUT2D eigenvalue weighted by atomic mass is 32.2. The summed E-state index contributed by atoms with van der Waals surface area (Å²) >= 11 is 1.19. The lowest BCUT2D eigenvalue weighted by Crippen LogP contribution is -2.20. The number of sulfonamides is 1. The van der Waals surface area contributed by atoms with Crippen LogP contribution in [0.1, 0.15) is 2.85 Å². The lowest BCUT2D eigenvalue weighted by molar-refractivity contribution is -0.118.